The highest BCUT2D eigenvalue weighted by molar-refractivity contribution is 5.97. The Morgan fingerprint density at radius 2 is 2.09 bits per heavy atom. The van der Waals surface area contributed by atoms with Gasteiger partial charge in [0, 0.05) is 31.3 Å². The van der Waals surface area contributed by atoms with Crippen LogP contribution in [-0.2, 0) is 0 Å². The van der Waals surface area contributed by atoms with Crippen LogP contribution in [0.15, 0.2) is 36.5 Å². The molecule has 0 saturated heterocycles. The van der Waals surface area contributed by atoms with Crippen LogP contribution >= 0.6 is 0 Å². The highest BCUT2D eigenvalue weighted by Gasteiger charge is 2.35. The summed E-state index contributed by atoms with van der Waals surface area (Å²) in [5.41, 5.74) is 1.60. The molecule has 1 N–H and O–H groups in total. The molecule has 3 heterocycles. The van der Waals surface area contributed by atoms with Gasteiger partial charge in [0.15, 0.2) is 11.5 Å². The van der Waals surface area contributed by atoms with Gasteiger partial charge in [0.1, 0.15) is 11.7 Å². The van der Waals surface area contributed by atoms with Crippen molar-refractivity contribution in [2.24, 2.45) is 5.92 Å². The predicted octanol–water partition coefficient (Wildman–Crippen LogP) is 2.84. The highest BCUT2D eigenvalue weighted by Crippen LogP contribution is 2.33. The molecule has 2 aliphatic rings. The first-order valence-corrected chi connectivity index (χ1v) is 11.7. The number of amides is 2. The molecule has 0 unspecified atom stereocenters. The Bertz CT molecular complexity index is 1130. The summed E-state index contributed by atoms with van der Waals surface area (Å²) in [6.07, 6.45) is 4.94. The number of benzene rings is 1. The number of carbonyl (C=O) groups excluding carboxylic acids is 2. The second-order valence-corrected chi connectivity index (χ2v) is 9.00. The molecule has 0 bridgehead atoms. The number of hydrogen-bond donors (Lipinski definition) is 1. The zero-order valence-corrected chi connectivity index (χ0v) is 20.4. The second-order valence-electron chi connectivity index (χ2n) is 9.00. The van der Waals surface area contributed by atoms with Gasteiger partial charge in [0.25, 0.3) is 11.8 Å². The third-order valence-corrected chi connectivity index (χ3v) is 6.32. The summed E-state index contributed by atoms with van der Waals surface area (Å²) < 4.78 is 17.0. The molecule has 1 aromatic heterocycles. The van der Waals surface area contributed by atoms with Crippen molar-refractivity contribution in [2.45, 2.75) is 32.9 Å². The summed E-state index contributed by atoms with van der Waals surface area (Å²) in [5.74, 6) is 0.819. The zero-order chi connectivity index (χ0) is 25.1. The van der Waals surface area contributed by atoms with E-state index in [4.69, 9.17) is 14.2 Å². The molecule has 2 aromatic rings. The van der Waals surface area contributed by atoms with Gasteiger partial charge in [-0.2, -0.15) is 0 Å². The summed E-state index contributed by atoms with van der Waals surface area (Å²) in [6.45, 7) is 6.28. The van der Waals surface area contributed by atoms with E-state index >= 15 is 0 Å². The first kappa shape index (κ1) is 24.5. The van der Waals surface area contributed by atoms with Crippen molar-refractivity contribution >= 4 is 17.9 Å². The molecule has 2 aliphatic heterocycles. The maximum Gasteiger partial charge on any atom is 0.259 e. The SMILES string of the molecule is C/C=C/c1cnc2c(c1)C(=O)N([C@H](C)CO)C[C@H](C)[C@@H](CN(C)C(=O)c1ccc3c(c1)OCO3)O2. The van der Waals surface area contributed by atoms with E-state index in [1.54, 1.807) is 54.2 Å². The predicted molar refractivity (Wildman–Crippen MR) is 130 cm³/mol. The molecule has 9 nitrogen and oxygen atoms in total. The molecule has 0 radical (unpaired) electrons. The van der Waals surface area contributed by atoms with Crippen LogP contribution in [0.2, 0.25) is 0 Å². The molecular weight excluding hydrogens is 450 g/mol. The van der Waals surface area contributed by atoms with E-state index in [9.17, 15) is 14.7 Å². The van der Waals surface area contributed by atoms with Crippen LogP contribution < -0.4 is 14.2 Å². The van der Waals surface area contributed by atoms with Crippen molar-refractivity contribution in [1.82, 2.24) is 14.8 Å². The quantitative estimate of drug-likeness (QED) is 0.677. The number of fused-ring (bicyclic) bond motifs is 2. The smallest absolute Gasteiger partial charge is 0.259 e. The molecule has 186 valence electrons. The third-order valence-electron chi connectivity index (χ3n) is 6.32. The molecule has 0 spiro atoms. The van der Waals surface area contributed by atoms with Crippen molar-refractivity contribution in [1.29, 1.82) is 0 Å². The van der Waals surface area contributed by atoms with Gasteiger partial charge in [0.05, 0.1) is 19.2 Å². The fourth-order valence-electron chi connectivity index (χ4n) is 4.22. The van der Waals surface area contributed by atoms with E-state index in [0.717, 1.165) is 5.56 Å². The Hall–Kier alpha value is -3.59. The Morgan fingerprint density at radius 3 is 2.83 bits per heavy atom. The number of aliphatic hydroxyl groups is 1. The Balaban J connectivity index is 1.61. The normalized spacial score (nSPS) is 20.1. The Kier molecular flexibility index (Phi) is 7.25. The number of likely N-dealkylation sites (N-methyl/N-ethyl adjacent to an activating group) is 1. The summed E-state index contributed by atoms with van der Waals surface area (Å²) in [7, 11) is 1.71. The van der Waals surface area contributed by atoms with Gasteiger partial charge in [0.2, 0.25) is 12.7 Å². The molecule has 0 aliphatic carbocycles. The molecular formula is C26H31N3O6. The van der Waals surface area contributed by atoms with Crippen molar-refractivity contribution in [2.75, 3.05) is 33.5 Å². The van der Waals surface area contributed by atoms with Gasteiger partial charge in [-0.1, -0.05) is 19.1 Å². The average molecular weight is 482 g/mol. The number of pyridine rings is 1. The van der Waals surface area contributed by atoms with Crippen LogP contribution in [0.4, 0.5) is 0 Å². The number of rotatable bonds is 6. The first-order chi connectivity index (χ1) is 16.8. The molecule has 0 fully saturated rings. The maximum absolute atomic E-state index is 13.4. The van der Waals surface area contributed by atoms with Crippen LogP contribution in [0, 0.1) is 5.92 Å². The van der Waals surface area contributed by atoms with Crippen LogP contribution in [0.1, 0.15) is 47.1 Å². The monoisotopic (exact) mass is 481 g/mol. The maximum atomic E-state index is 13.4. The number of aliphatic hydroxyl groups excluding tert-OH is 1. The molecule has 1 aromatic carbocycles. The van der Waals surface area contributed by atoms with E-state index in [2.05, 4.69) is 4.98 Å². The van der Waals surface area contributed by atoms with E-state index in [-0.39, 0.29) is 49.6 Å². The fourth-order valence-corrected chi connectivity index (χ4v) is 4.22. The Morgan fingerprint density at radius 1 is 1.31 bits per heavy atom. The lowest BCUT2D eigenvalue weighted by atomic mass is 9.99. The summed E-state index contributed by atoms with van der Waals surface area (Å²) in [5, 5.41) is 9.79. The molecule has 4 rings (SSSR count). The van der Waals surface area contributed by atoms with Gasteiger partial charge in [-0.15, -0.1) is 0 Å². The largest absolute Gasteiger partial charge is 0.472 e. The van der Waals surface area contributed by atoms with Crippen LogP contribution in [0.25, 0.3) is 6.08 Å². The van der Waals surface area contributed by atoms with Gasteiger partial charge in [-0.25, -0.2) is 4.98 Å². The lowest BCUT2D eigenvalue weighted by Crippen LogP contribution is -2.50. The van der Waals surface area contributed by atoms with Gasteiger partial charge < -0.3 is 29.1 Å². The van der Waals surface area contributed by atoms with Crippen molar-refractivity contribution in [3.8, 4) is 17.4 Å². The van der Waals surface area contributed by atoms with Gasteiger partial charge in [-0.05, 0) is 43.7 Å². The molecule has 9 heteroatoms. The molecule has 2 amide bonds. The number of nitrogens with zero attached hydrogens (tertiary/aromatic N) is 3. The standard InChI is InChI=1S/C26H31N3O6/c1-5-6-18-9-20-24(27-11-18)35-23(16(2)12-29(26(20)32)17(3)14-30)13-28(4)25(31)19-7-8-21-22(10-19)34-15-33-21/h5-11,16-17,23,30H,12-15H2,1-4H3/b6-5+/t16-,17+,23+/m0/s1. The first-order valence-electron chi connectivity index (χ1n) is 11.7. The fraction of sp³-hybridized carbons (Fsp3) is 0.423. The van der Waals surface area contributed by atoms with Gasteiger partial charge >= 0.3 is 0 Å². The minimum atomic E-state index is -0.432. The second kappa shape index (κ2) is 10.4. The number of ether oxygens (including phenoxy) is 3. The minimum absolute atomic E-state index is 0.134. The lowest BCUT2D eigenvalue weighted by molar-refractivity contribution is 0.0313. The molecule has 3 atom stereocenters. The average Bonchev–Trinajstić information content (AvgIpc) is 3.33. The van der Waals surface area contributed by atoms with E-state index in [1.165, 1.54) is 0 Å². The van der Waals surface area contributed by atoms with Crippen LogP contribution in [0.3, 0.4) is 0 Å². The topological polar surface area (TPSA) is 101 Å². The summed E-state index contributed by atoms with van der Waals surface area (Å²) in [4.78, 5) is 34.2. The third kappa shape index (κ3) is 5.09. The number of carbonyl (C=O) groups is 2. The number of aromatic nitrogens is 1. The van der Waals surface area contributed by atoms with E-state index < -0.39 is 6.10 Å². The van der Waals surface area contributed by atoms with E-state index in [0.29, 0.717) is 29.2 Å². The van der Waals surface area contributed by atoms with Crippen LogP contribution in [-0.4, -0.2) is 77.4 Å². The highest BCUT2D eigenvalue weighted by atomic mass is 16.7. The van der Waals surface area contributed by atoms with Crippen molar-refractivity contribution in [3.05, 3.63) is 53.2 Å². The zero-order valence-electron chi connectivity index (χ0n) is 20.4. The van der Waals surface area contributed by atoms with E-state index in [1.807, 2.05) is 26.0 Å². The van der Waals surface area contributed by atoms with Crippen molar-refractivity contribution in [3.63, 3.8) is 0 Å². The molecule has 35 heavy (non-hydrogen) atoms. The van der Waals surface area contributed by atoms with Crippen molar-refractivity contribution < 1.29 is 28.9 Å². The molecule has 0 saturated carbocycles. The summed E-state index contributed by atoms with van der Waals surface area (Å²) in [6, 6.07) is 6.47. The number of hydrogen-bond acceptors (Lipinski definition) is 7. The Labute approximate surface area is 204 Å². The summed E-state index contributed by atoms with van der Waals surface area (Å²) >= 11 is 0. The number of allylic oxidation sites excluding steroid dienone is 1. The van der Waals surface area contributed by atoms with Gasteiger partial charge in [-0.3, -0.25) is 9.59 Å². The minimum Gasteiger partial charge on any atom is -0.472 e. The lowest BCUT2D eigenvalue weighted by Gasteiger charge is -2.37. The van der Waals surface area contributed by atoms with Crippen LogP contribution in [0.5, 0.6) is 17.4 Å².